The lowest BCUT2D eigenvalue weighted by Gasteiger charge is -2.31. The van der Waals surface area contributed by atoms with Crippen molar-refractivity contribution < 1.29 is 4.79 Å². The standard InChI is InChI=1S/C26H35N5O/c32-25(27-13-7-17-30-16-6-9-20-8-2-3-10-24(20)30)21-11-12-23-22(18-21)19-28-26(29-23)31-14-4-1-5-15-31/h2-3,8,10,19,21H,1,4-7,9,11-18H2,(H,27,32). The Labute approximate surface area is 191 Å². The highest BCUT2D eigenvalue weighted by atomic mass is 16.1. The molecule has 0 radical (unpaired) electrons. The van der Waals surface area contributed by atoms with Crippen molar-refractivity contribution in [2.24, 2.45) is 5.92 Å². The molecule has 1 aliphatic carbocycles. The van der Waals surface area contributed by atoms with Crippen molar-refractivity contribution in [2.75, 3.05) is 42.5 Å². The highest BCUT2D eigenvalue weighted by Gasteiger charge is 2.27. The molecule has 3 heterocycles. The van der Waals surface area contributed by atoms with E-state index in [4.69, 9.17) is 4.98 Å². The molecule has 2 aliphatic heterocycles. The van der Waals surface area contributed by atoms with E-state index in [-0.39, 0.29) is 11.8 Å². The summed E-state index contributed by atoms with van der Waals surface area (Å²) >= 11 is 0. The van der Waals surface area contributed by atoms with Gasteiger partial charge in [0.25, 0.3) is 0 Å². The molecule has 0 saturated carbocycles. The van der Waals surface area contributed by atoms with Crippen LogP contribution in [0.15, 0.2) is 30.5 Å². The molecule has 0 bridgehead atoms. The number of rotatable bonds is 6. The Kier molecular flexibility index (Phi) is 6.56. The van der Waals surface area contributed by atoms with Crippen molar-refractivity contribution in [3.05, 3.63) is 47.3 Å². The molecule has 5 rings (SSSR count). The molecule has 3 aliphatic rings. The second-order valence-corrected chi connectivity index (χ2v) is 9.49. The number of aromatic nitrogens is 2. The third kappa shape index (κ3) is 4.74. The SMILES string of the molecule is O=C(NCCCN1CCCc2ccccc21)C1CCc2nc(N3CCCCC3)ncc2C1. The Hall–Kier alpha value is -2.63. The van der Waals surface area contributed by atoms with Gasteiger partial charge in [0.1, 0.15) is 0 Å². The lowest BCUT2D eigenvalue weighted by molar-refractivity contribution is -0.125. The Morgan fingerprint density at radius 3 is 2.81 bits per heavy atom. The van der Waals surface area contributed by atoms with Crippen LogP contribution in [0.3, 0.4) is 0 Å². The van der Waals surface area contributed by atoms with Gasteiger partial charge in [0.05, 0.1) is 0 Å². The van der Waals surface area contributed by atoms with Crippen LogP contribution in [0, 0.1) is 5.92 Å². The van der Waals surface area contributed by atoms with Gasteiger partial charge in [-0.25, -0.2) is 9.97 Å². The molecule has 1 amide bonds. The van der Waals surface area contributed by atoms with Gasteiger partial charge in [0, 0.05) is 56.2 Å². The average molecular weight is 434 g/mol. The van der Waals surface area contributed by atoms with Crippen LogP contribution >= 0.6 is 0 Å². The fourth-order valence-corrected chi connectivity index (χ4v) is 5.44. The van der Waals surface area contributed by atoms with Crippen molar-refractivity contribution in [2.45, 2.75) is 57.8 Å². The Morgan fingerprint density at radius 1 is 1.03 bits per heavy atom. The van der Waals surface area contributed by atoms with Gasteiger partial charge in [-0.1, -0.05) is 18.2 Å². The van der Waals surface area contributed by atoms with Gasteiger partial charge in [0.15, 0.2) is 0 Å². The van der Waals surface area contributed by atoms with Crippen LogP contribution in [0.2, 0.25) is 0 Å². The smallest absolute Gasteiger partial charge is 0.225 e. The number of hydrogen-bond acceptors (Lipinski definition) is 5. The lowest BCUT2D eigenvalue weighted by Crippen LogP contribution is -2.37. The van der Waals surface area contributed by atoms with Gasteiger partial charge in [-0.05, 0) is 75.0 Å². The van der Waals surface area contributed by atoms with Gasteiger partial charge < -0.3 is 15.1 Å². The number of carbonyl (C=O) groups is 1. The van der Waals surface area contributed by atoms with Crippen LogP contribution in [0.1, 0.15) is 55.3 Å². The van der Waals surface area contributed by atoms with Gasteiger partial charge in [-0.15, -0.1) is 0 Å². The monoisotopic (exact) mass is 433 g/mol. The Balaban J connectivity index is 1.09. The van der Waals surface area contributed by atoms with Crippen molar-refractivity contribution in [3.63, 3.8) is 0 Å². The first kappa shape index (κ1) is 21.2. The molecule has 6 nitrogen and oxygen atoms in total. The van der Waals surface area contributed by atoms with E-state index >= 15 is 0 Å². The van der Waals surface area contributed by atoms with E-state index in [1.807, 2.05) is 6.20 Å². The third-order valence-corrected chi connectivity index (χ3v) is 7.26. The van der Waals surface area contributed by atoms with Crippen molar-refractivity contribution in [1.29, 1.82) is 0 Å². The highest BCUT2D eigenvalue weighted by molar-refractivity contribution is 5.79. The average Bonchev–Trinajstić information content (AvgIpc) is 2.86. The second kappa shape index (κ2) is 9.88. The molecule has 0 spiro atoms. The van der Waals surface area contributed by atoms with Gasteiger partial charge in [-0.2, -0.15) is 0 Å². The molecule has 1 N–H and O–H groups in total. The van der Waals surface area contributed by atoms with Gasteiger partial charge in [-0.3, -0.25) is 4.79 Å². The molecule has 1 aromatic heterocycles. The second-order valence-electron chi connectivity index (χ2n) is 9.49. The van der Waals surface area contributed by atoms with Crippen LogP contribution < -0.4 is 15.1 Å². The summed E-state index contributed by atoms with van der Waals surface area (Å²) in [5, 5.41) is 3.20. The van der Waals surface area contributed by atoms with E-state index in [9.17, 15) is 4.79 Å². The first-order valence-electron chi connectivity index (χ1n) is 12.5. The van der Waals surface area contributed by atoms with Crippen molar-refractivity contribution in [1.82, 2.24) is 15.3 Å². The summed E-state index contributed by atoms with van der Waals surface area (Å²) < 4.78 is 0. The largest absolute Gasteiger partial charge is 0.371 e. The maximum absolute atomic E-state index is 12.8. The van der Waals surface area contributed by atoms with Crippen LogP contribution in [-0.2, 0) is 24.1 Å². The molecule has 1 aromatic carbocycles. The van der Waals surface area contributed by atoms with Crippen LogP contribution in [0.5, 0.6) is 0 Å². The summed E-state index contributed by atoms with van der Waals surface area (Å²) in [5.74, 6) is 1.11. The van der Waals surface area contributed by atoms with E-state index in [1.54, 1.807) is 0 Å². The zero-order chi connectivity index (χ0) is 21.8. The number of piperidine rings is 1. The first-order valence-corrected chi connectivity index (χ1v) is 12.5. The molecule has 6 heteroatoms. The number of amides is 1. The lowest BCUT2D eigenvalue weighted by atomic mass is 9.86. The number of carbonyl (C=O) groups excluding carboxylic acids is 1. The minimum atomic E-state index is 0.0441. The summed E-state index contributed by atoms with van der Waals surface area (Å²) in [5.41, 5.74) is 5.13. The molecule has 1 saturated heterocycles. The van der Waals surface area contributed by atoms with E-state index in [1.165, 1.54) is 43.4 Å². The summed E-state index contributed by atoms with van der Waals surface area (Å²) in [6.45, 7) is 4.98. The number of aryl methyl sites for hydroxylation is 2. The van der Waals surface area contributed by atoms with Crippen molar-refractivity contribution in [3.8, 4) is 0 Å². The number of hydrogen-bond donors (Lipinski definition) is 1. The zero-order valence-corrected chi connectivity index (χ0v) is 19.1. The number of nitrogens with one attached hydrogen (secondary N) is 1. The van der Waals surface area contributed by atoms with E-state index in [0.29, 0.717) is 0 Å². The summed E-state index contributed by atoms with van der Waals surface area (Å²) in [6.07, 6.45) is 11.6. The molecule has 1 fully saturated rings. The number of para-hydroxylation sites is 1. The third-order valence-electron chi connectivity index (χ3n) is 7.26. The number of nitrogens with zero attached hydrogens (tertiary/aromatic N) is 4. The first-order chi connectivity index (χ1) is 15.8. The topological polar surface area (TPSA) is 61.4 Å². The van der Waals surface area contributed by atoms with Gasteiger partial charge >= 0.3 is 0 Å². The molecule has 170 valence electrons. The minimum Gasteiger partial charge on any atom is -0.371 e. The zero-order valence-electron chi connectivity index (χ0n) is 19.1. The number of benzene rings is 1. The molecule has 1 unspecified atom stereocenters. The van der Waals surface area contributed by atoms with E-state index in [2.05, 4.69) is 44.4 Å². The van der Waals surface area contributed by atoms with Crippen molar-refractivity contribution >= 4 is 17.5 Å². The van der Waals surface area contributed by atoms with Crippen LogP contribution in [-0.4, -0.2) is 48.6 Å². The summed E-state index contributed by atoms with van der Waals surface area (Å²) in [6, 6.07) is 8.72. The molecular formula is C26H35N5O. The molecule has 2 aromatic rings. The maximum Gasteiger partial charge on any atom is 0.225 e. The predicted octanol–water partition coefficient (Wildman–Crippen LogP) is 3.53. The predicted molar refractivity (Wildman–Crippen MR) is 128 cm³/mol. The van der Waals surface area contributed by atoms with Crippen LogP contribution in [0.25, 0.3) is 0 Å². The van der Waals surface area contributed by atoms with E-state index in [0.717, 1.165) is 75.6 Å². The fourth-order valence-electron chi connectivity index (χ4n) is 5.44. The van der Waals surface area contributed by atoms with E-state index < -0.39 is 0 Å². The normalized spacial score (nSPS) is 20.4. The quantitative estimate of drug-likeness (QED) is 0.706. The molecule has 32 heavy (non-hydrogen) atoms. The maximum atomic E-state index is 12.8. The Morgan fingerprint density at radius 2 is 1.91 bits per heavy atom. The number of fused-ring (bicyclic) bond motifs is 2. The highest BCUT2D eigenvalue weighted by Crippen LogP contribution is 2.27. The molecule has 1 atom stereocenters. The minimum absolute atomic E-state index is 0.0441. The molecular weight excluding hydrogens is 398 g/mol. The van der Waals surface area contributed by atoms with Crippen LogP contribution in [0.4, 0.5) is 11.6 Å². The van der Waals surface area contributed by atoms with Gasteiger partial charge in [0.2, 0.25) is 11.9 Å². The number of anilines is 2. The summed E-state index contributed by atoms with van der Waals surface area (Å²) in [7, 11) is 0. The Bertz CT molecular complexity index is 940. The fraction of sp³-hybridized carbons (Fsp3) is 0.577. The summed E-state index contributed by atoms with van der Waals surface area (Å²) in [4.78, 5) is 27.1.